The molecule has 2 heterocycles. The Hall–Kier alpha value is -2.06. The number of piperidine rings is 1. The highest BCUT2D eigenvalue weighted by atomic mass is 35.5. The van der Waals surface area contributed by atoms with Gasteiger partial charge in [-0.2, -0.15) is 18.3 Å². The standard InChI is InChI=1S/C17H18ClF3N4O/c1-22-12-6-8-24(9-7-12)16(26)14-10-23-25(15(14)17(19,20)21)13-4-2-11(18)3-5-13/h2-5,10,12,22H,6-9H2,1H3. The smallest absolute Gasteiger partial charge is 0.338 e. The summed E-state index contributed by atoms with van der Waals surface area (Å²) >= 11 is 5.79. The maximum atomic E-state index is 13.7. The molecule has 1 fully saturated rings. The fourth-order valence-corrected chi connectivity index (χ4v) is 3.22. The van der Waals surface area contributed by atoms with E-state index < -0.39 is 23.3 Å². The number of carbonyl (C=O) groups excluding carboxylic acids is 1. The molecule has 26 heavy (non-hydrogen) atoms. The van der Waals surface area contributed by atoms with Crippen LogP contribution in [0.25, 0.3) is 5.69 Å². The fraction of sp³-hybridized carbons (Fsp3) is 0.412. The zero-order chi connectivity index (χ0) is 18.9. The summed E-state index contributed by atoms with van der Waals surface area (Å²) in [5.41, 5.74) is -1.31. The summed E-state index contributed by atoms with van der Waals surface area (Å²) in [5.74, 6) is -0.646. The Morgan fingerprint density at radius 1 is 1.23 bits per heavy atom. The molecule has 0 saturated carbocycles. The molecule has 1 aromatic heterocycles. The minimum Gasteiger partial charge on any atom is -0.338 e. The van der Waals surface area contributed by atoms with Crippen LogP contribution in [-0.4, -0.2) is 46.8 Å². The van der Waals surface area contributed by atoms with Gasteiger partial charge in [0.05, 0.1) is 17.4 Å². The monoisotopic (exact) mass is 386 g/mol. The first kappa shape index (κ1) is 18.7. The summed E-state index contributed by atoms with van der Waals surface area (Å²) in [6, 6.07) is 6.08. The second-order valence-electron chi connectivity index (χ2n) is 6.15. The van der Waals surface area contributed by atoms with Crippen molar-refractivity contribution in [2.45, 2.75) is 25.1 Å². The third kappa shape index (κ3) is 3.71. The van der Waals surface area contributed by atoms with Crippen LogP contribution >= 0.6 is 11.6 Å². The molecule has 140 valence electrons. The van der Waals surface area contributed by atoms with Crippen molar-refractivity contribution in [3.05, 3.63) is 46.7 Å². The van der Waals surface area contributed by atoms with Gasteiger partial charge in [0.25, 0.3) is 5.91 Å². The first-order valence-corrected chi connectivity index (χ1v) is 8.56. The number of alkyl halides is 3. The number of aromatic nitrogens is 2. The fourth-order valence-electron chi connectivity index (χ4n) is 3.10. The number of likely N-dealkylation sites (tertiary alicyclic amines) is 1. The lowest BCUT2D eigenvalue weighted by Crippen LogP contribution is -2.44. The Morgan fingerprint density at radius 3 is 2.38 bits per heavy atom. The quantitative estimate of drug-likeness (QED) is 0.880. The predicted molar refractivity (Wildman–Crippen MR) is 91.6 cm³/mol. The van der Waals surface area contributed by atoms with Gasteiger partial charge in [0.15, 0.2) is 5.69 Å². The van der Waals surface area contributed by atoms with Crippen LogP contribution in [0.2, 0.25) is 5.02 Å². The average molecular weight is 387 g/mol. The van der Waals surface area contributed by atoms with Crippen LogP contribution in [0, 0.1) is 0 Å². The van der Waals surface area contributed by atoms with Gasteiger partial charge in [-0.3, -0.25) is 4.79 Å². The van der Waals surface area contributed by atoms with Crippen molar-refractivity contribution in [3.8, 4) is 5.69 Å². The second-order valence-corrected chi connectivity index (χ2v) is 6.58. The number of nitrogens with zero attached hydrogens (tertiary/aromatic N) is 3. The van der Waals surface area contributed by atoms with E-state index in [1.807, 2.05) is 7.05 Å². The molecule has 1 aliphatic rings. The molecule has 5 nitrogen and oxygen atoms in total. The summed E-state index contributed by atoms with van der Waals surface area (Å²) in [6.45, 7) is 0.821. The normalized spacial score (nSPS) is 16.1. The van der Waals surface area contributed by atoms with Crippen molar-refractivity contribution in [1.82, 2.24) is 20.0 Å². The molecule has 0 radical (unpaired) electrons. The van der Waals surface area contributed by atoms with Crippen LogP contribution in [0.15, 0.2) is 30.5 Å². The lowest BCUT2D eigenvalue weighted by atomic mass is 10.0. The van der Waals surface area contributed by atoms with Crippen molar-refractivity contribution in [2.75, 3.05) is 20.1 Å². The number of hydrogen-bond acceptors (Lipinski definition) is 3. The zero-order valence-electron chi connectivity index (χ0n) is 14.1. The Morgan fingerprint density at radius 2 is 1.85 bits per heavy atom. The Bertz CT molecular complexity index is 780. The predicted octanol–water partition coefficient (Wildman–Crippen LogP) is 3.37. The van der Waals surface area contributed by atoms with E-state index in [1.165, 1.54) is 29.2 Å². The lowest BCUT2D eigenvalue weighted by molar-refractivity contribution is -0.143. The molecule has 0 bridgehead atoms. The Labute approximate surface area is 153 Å². The van der Waals surface area contributed by atoms with Crippen molar-refractivity contribution < 1.29 is 18.0 Å². The van der Waals surface area contributed by atoms with Crippen molar-refractivity contribution in [1.29, 1.82) is 0 Å². The van der Waals surface area contributed by atoms with Gasteiger partial charge in [-0.25, -0.2) is 4.68 Å². The number of carbonyl (C=O) groups is 1. The summed E-state index contributed by atoms with van der Waals surface area (Å²) in [4.78, 5) is 14.1. The minimum absolute atomic E-state index is 0.190. The number of rotatable bonds is 3. The van der Waals surface area contributed by atoms with Crippen molar-refractivity contribution in [2.24, 2.45) is 0 Å². The molecular weight excluding hydrogens is 369 g/mol. The Balaban J connectivity index is 1.95. The highest BCUT2D eigenvalue weighted by Crippen LogP contribution is 2.34. The van der Waals surface area contributed by atoms with Crippen molar-refractivity contribution in [3.63, 3.8) is 0 Å². The van der Waals surface area contributed by atoms with E-state index >= 15 is 0 Å². The molecule has 0 spiro atoms. The highest BCUT2D eigenvalue weighted by molar-refractivity contribution is 6.30. The van der Waals surface area contributed by atoms with E-state index in [0.29, 0.717) is 31.0 Å². The van der Waals surface area contributed by atoms with Gasteiger partial charge < -0.3 is 10.2 Å². The summed E-state index contributed by atoms with van der Waals surface area (Å²) in [6.07, 6.45) is -2.32. The van der Waals surface area contributed by atoms with Crippen LogP contribution in [-0.2, 0) is 6.18 Å². The number of amides is 1. The molecular formula is C17H18ClF3N4O. The van der Waals surface area contributed by atoms with E-state index in [-0.39, 0.29) is 11.7 Å². The second kappa shape index (κ2) is 7.28. The SMILES string of the molecule is CNC1CCN(C(=O)c2cnn(-c3ccc(Cl)cc3)c2C(F)(F)F)CC1. The van der Waals surface area contributed by atoms with E-state index in [9.17, 15) is 18.0 Å². The molecule has 1 amide bonds. The third-order valence-corrected chi connectivity index (χ3v) is 4.78. The zero-order valence-corrected chi connectivity index (χ0v) is 14.8. The summed E-state index contributed by atoms with van der Waals surface area (Å²) < 4.78 is 41.8. The van der Waals surface area contributed by atoms with E-state index in [4.69, 9.17) is 11.6 Å². The van der Waals surface area contributed by atoms with Crippen molar-refractivity contribution >= 4 is 17.5 Å². The van der Waals surface area contributed by atoms with Crippen LogP contribution in [0.4, 0.5) is 13.2 Å². The Kier molecular flexibility index (Phi) is 5.24. The summed E-state index contributed by atoms with van der Waals surface area (Å²) in [7, 11) is 1.83. The number of benzene rings is 1. The lowest BCUT2D eigenvalue weighted by Gasteiger charge is -2.31. The van der Waals surface area contributed by atoms with Gasteiger partial charge >= 0.3 is 6.18 Å². The highest BCUT2D eigenvalue weighted by Gasteiger charge is 2.41. The molecule has 1 aliphatic heterocycles. The molecule has 1 N–H and O–H groups in total. The largest absolute Gasteiger partial charge is 0.434 e. The molecule has 0 unspecified atom stereocenters. The minimum atomic E-state index is -4.72. The van der Waals surface area contributed by atoms with Gasteiger partial charge in [0.1, 0.15) is 0 Å². The summed E-state index contributed by atoms with van der Waals surface area (Å²) in [5, 5.41) is 7.35. The van der Waals surface area contributed by atoms with Gasteiger partial charge in [-0.1, -0.05) is 11.6 Å². The first-order chi connectivity index (χ1) is 12.3. The van der Waals surface area contributed by atoms with Gasteiger partial charge in [0.2, 0.25) is 0 Å². The number of hydrogen-bond donors (Lipinski definition) is 1. The van der Waals surface area contributed by atoms with E-state index in [0.717, 1.165) is 10.9 Å². The van der Waals surface area contributed by atoms with Crippen LogP contribution in [0.3, 0.4) is 0 Å². The number of halogens is 4. The molecule has 1 aromatic carbocycles. The average Bonchev–Trinajstić information content (AvgIpc) is 3.07. The van der Waals surface area contributed by atoms with Gasteiger partial charge in [-0.05, 0) is 44.2 Å². The topological polar surface area (TPSA) is 50.2 Å². The van der Waals surface area contributed by atoms with Gasteiger partial charge in [-0.15, -0.1) is 0 Å². The molecule has 1 saturated heterocycles. The molecule has 2 aromatic rings. The maximum absolute atomic E-state index is 13.7. The molecule has 9 heteroatoms. The van der Waals surface area contributed by atoms with Crippen LogP contribution in [0.5, 0.6) is 0 Å². The third-order valence-electron chi connectivity index (χ3n) is 4.53. The van der Waals surface area contributed by atoms with Gasteiger partial charge in [0, 0.05) is 24.2 Å². The molecule has 0 aliphatic carbocycles. The maximum Gasteiger partial charge on any atom is 0.434 e. The van der Waals surface area contributed by atoms with E-state index in [1.54, 1.807) is 0 Å². The molecule has 3 rings (SSSR count). The van der Waals surface area contributed by atoms with Crippen LogP contribution < -0.4 is 5.32 Å². The van der Waals surface area contributed by atoms with Crippen LogP contribution in [0.1, 0.15) is 28.9 Å². The first-order valence-electron chi connectivity index (χ1n) is 8.19. The molecule has 0 atom stereocenters. The number of nitrogens with one attached hydrogen (secondary N) is 1. The van der Waals surface area contributed by atoms with E-state index in [2.05, 4.69) is 10.4 Å².